The second-order valence-corrected chi connectivity index (χ2v) is 10.4. The maximum atomic E-state index is 14.7. The first kappa shape index (κ1) is 25.8. The number of hydrogen-bond acceptors (Lipinski definition) is 0. The minimum Gasteiger partial charge on any atom is -0.207 e. The van der Waals surface area contributed by atoms with Crippen molar-refractivity contribution in [2.45, 2.75) is 77.0 Å². The van der Waals surface area contributed by atoms with E-state index >= 15 is 0 Å². The normalized spacial score (nSPS) is 18.1. The van der Waals surface area contributed by atoms with Crippen LogP contribution in [0.3, 0.4) is 0 Å². The monoisotopic (exact) mass is 498 g/mol. The number of benzene rings is 3. The van der Waals surface area contributed by atoms with Crippen LogP contribution in [-0.2, 0) is 25.7 Å². The van der Waals surface area contributed by atoms with Gasteiger partial charge in [0.2, 0.25) is 0 Å². The third kappa shape index (κ3) is 6.91. The van der Waals surface area contributed by atoms with Crippen LogP contribution < -0.4 is 0 Å². The molecular formula is C31H34ClF3. The van der Waals surface area contributed by atoms with E-state index in [1.807, 2.05) is 0 Å². The standard InChI is InChI=1S/C31H34ClF3/c1-2-3-21-6-12-25(13-7-21)26-14-8-22(9-15-26)4-5-24-19-29(33)27(30(34)20-24)16-10-23-11-17-28(32)31(35)18-23/h6-7,11-13,17-20,22,26H,2-5,8-10,14-16H2,1H3. The Bertz CT molecular complexity index is 1090. The van der Waals surface area contributed by atoms with Gasteiger partial charge in [-0.2, -0.15) is 0 Å². The fourth-order valence-corrected chi connectivity index (χ4v) is 5.52. The van der Waals surface area contributed by atoms with Gasteiger partial charge < -0.3 is 0 Å². The molecule has 0 amide bonds. The van der Waals surface area contributed by atoms with Crippen LogP contribution in [0.1, 0.15) is 79.2 Å². The van der Waals surface area contributed by atoms with Gasteiger partial charge >= 0.3 is 0 Å². The summed E-state index contributed by atoms with van der Waals surface area (Å²) in [5.74, 6) is -0.296. The van der Waals surface area contributed by atoms with Crippen molar-refractivity contribution >= 4 is 11.6 Å². The van der Waals surface area contributed by atoms with E-state index in [9.17, 15) is 13.2 Å². The second-order valence-electron chi connectivity index (χ2n) is 10.0. The lowest BCUT2D eigenvalue weighted by atomic mass is 9.76. The Morgan fingerprint density at radius 3 is 1.94 bits per heavy atom. The molecule has 0 heterocycles. The molecule has 0 saturated heterocycles. The van der Waals surface area contributed by atoms with Gasteiger partial charge in [0.1, 0.15) is 17.5 Å². The zero-order chi connectivity index (χ0) is 24.8. The first-order chi connectivity index (χ1) is 16.9. The highest BCUT2D eigenvalue weighted by Crippen LogP contribution is 2.37. The Morgan fingerprint density at radius 2 is 1.31 bits per heavy atom. The molecule has 35 heavy (non-hydrogen) atoms. The molecule has 1 aliphatic carbocycles. The number of halogens is 4. The van der Waals surface area contributed by atoms with Crippen LogP contribution in [-0.4, -0.2) is 0 Å². The molecule has 186 valence electrons. The molecule has 0 aliphatic heterocycles. The van der Waals surface area contributed by atoms with Gasteiger partial charge in [0.05, 0.1) is 5.02 Å². The summed E-state index contributed by atoms with van der Waals surface area (Å²) in [6.45, 7) is 2.21. The van der Waals surface area contributed by atoms with E-state index < -0.39 is 17.5 Å². The molecular weight excluding hydrogens is 465 g/mol. The van der Waals surface area contributed by atoms with E-state index in [-0.39, 0.29) is 17.0 Å². The van der Waals surface area contributed by atoms with E-state index in [0.29, 0.717) is 30.2 Å². The maximum Gasteiger partial charge on any atom is 0.142 e. The molecule has 4 rings (SSSR count). The van der Waals surface area contributed by atoms with E-state index in [1.165, 1.54) is 67.5 Å². The molecule has 0 aromatic heterocycles. The van der Waals surface area contributed by atoms with E-state index in [4.69, 9.17) is 11.6 Å². The molecule has 3 aromatic carbocycles. The second kappa shape index (κ2) is 12.1. The highest BCUT2D eigenvalue weighted by atomic mass is 35.5. The van der Waals surface area contributed by atoms with Crippen molar-refractivity contribution in [2.75, 3.05) is 0 Å². The lowest BCUT2D eigenvalue weighted by Crippen LogP contribution is -2.14. The number of aryl methyl sites for hydroxylation is 3. The lowest BCUT2D eigenvalue weighted by Gasteiger charge is -2.29. The van der Waals surface area contributed by atoms with Crippen LogP contribution in [0.2, 0.25) is 5.02 Å². The van der Waals surface area contributed by atoms with E-state index in [2.05, 4.69) is 31.2 Å². The van der Waals surface area contributed by atoms with Gasteiger partial charge in [-0.05, 0) is 116 Å². The summed E-state index contributed by atoms with van der Waals surface area (Å²) in [4.78, 5) is 0. The maximum absolute atomic E-state index is 14.7. The summed E-state index contributed by atoms with van der Waals surface area (Å²) in [6.07, 6.45) is 9.21. The molecule has 1 aliphatic rings. The average Bonchev–Trinajstić information content (AvgIpc) is 2.85. The highest BCUT2D eigenvalue weighted by molar-refractivity contribution is 6.30. The SMILES string of the molecule is CCCc1ccc(C2CCC(CCc3cc(F)c(CCc4ccc(Cl)c(F)c4)c(F)c3)CC2)cc1. The van der Waals surface area contributed by atoms with Gasteiger partial charge in [0.15, 0.2) is 0 Å². The van der Waals surface area contributed by atoms with Gasteiger partial charge in [0, 0.05) is 5.56 Å². The van der Waals surface area contributed by atoms with Crippen molar-refractivity contribution in [3.63, 3.8) is 0 Å². The van der Waals surface area contributed by atoms with Crippen LogP contribution in [0.5, 0.6) is 0 Å². The quantitative estimate of drug-likeness (QED) is 0.275. The topological polar surface area (TPSA) is 0 Å². The van der Waals surface area contributed by atoms with Crippen LogP contribution in [0.4, 0.5) is 13.2 Å². The molecule has 0 N–H and O–H groups in total. The zero-order valence-corrected chi connectivity index (χ0v) is 21.2. The molecule has 0 nitrogen and oxygen atoms in total. The summed E-state index contributed by atoms with van der Waals surface area (Å²) in [7, 11) is 0. The van der Waals surface area contributed by atoms with Gasteiger partial charge in [-0.3, -0.25) is 0 Å². The molecule has 0 radical (unpaired) electrons. The summed E-state index contributed by atoms with van der Waals surface area (Å²) >= 11 is 5.71. The third-order valence-electron chi connectivity index (χ3n) is 7.53. The summed E-state index contributed by atoms with van der Waals surface area (Å²) in [6, 6.07) is 16.6. The van der Waals surface area contributed by atoms with Crippen LogP contribution in [0, 0.1) is 23.4 Å². The molecule has 0 bridgehead atoms. The molecule has 1 saturated carbocycles. The molecule has 0 spiro atoms. The van der Waals surface area contributed by atoms with E-state index in [1.54, 1.807) is 6.07 Å². The highest BCUT2D eigenvalue weighted by Gasteiger charge is 2.22. The van der Waals surface area contributed by atoms with Crippen molar-refractivity contribution in [1.82, 2.24) is 0 Å². The van der Waals surface area contributed by atoms with Crippen molar-refractivity contribution in [3.05, 3.63) is 105 Å². The fourth-order valence-electron chi connectivity index (χ4n) is 5.40. The van der Waals surface area contributed by atoms with Crippen LogP contribution >= 0.6 is 11.6 Å². The minimum atomic E-state index is -0.514. The molecule has 1 fully saturated rings. The van der Waals surface area contributed by atoms with Gasteiger partial charge in [-0.25, -0.2) is 13.2 Å². The first-order valence-electron chi connectivity index (χ1n) is 12.9. The summed E-state index contributed by atoms with van der Waals surface area (Å²) < 4.78 is 43.0. The molecule has 4 heteroatoms. The summed E-state index contributed by atoms with van der Waals surface area (Å²) in [5.41, 5.74) is 4.31. The van der Waals surface area contributed by atoms with Crippen molar-refractivity contribution in [3.8, 4) is 0 Å². The Morgan fingerprint density at radius 1 is 0.686 bits per heavy atom. The molecule has 0 atom stereocenters. The van der Waals surface area contributed by atoms with Gasteiger partial charge in [-0.15, -0.1) is 0 Å². The van der Waals surface area contributed by atoms with Crippen LogP contribution in [0.15, 0.2) is 54.6 Å². The average molecular weight is 499 g/mol. The number of rotatable bonds is 9. The zero-order valence-electron chi connectivity index (χ0n) is 20.4. The minimum absolute atomic E-state index is 0.0463. The lowest BCUT2D eigenvalue weighted by molar-refractivity contribution is 0.310. The first-order valence-corrected chi connectivity index (χ1v) is 13.3. The van der Waals surface area contributed by atoms with Gasteiger partial charge in [-0.1, -0.05) is 55.3 Å². The largest absolute Gasteiger partial charge is 0.207 e. The van der Waals surface area contributed by atoms with Gasteiger partial charge in [0.25, 0.3) is 0 Å². The molecule has 0 unspecified atom stereocenters. The Balaban J connectivity index is 1.27. The van der Waals surface area contributed by atoms with Crippen molar-refractivity contribution in [2.24, 2.45) is 5.92 Å². The Hall–Kier alpha value is -2.26. The van der Waals surface area contributed by atoms with E-state index in [0.717, 1.165) is 18.4 Å². The number of hydrogen-bond donors (Lipinski definition) is 0. The fraction of sp³-hybridized carbons (Fsp3) is 0.419. The Labute approximate surface area is 212 Å². The predicted molar refractivity (Wildman–Crippen MR) is 139 cm³/mol. The smallest absolute Gasteiger partial charge is 0.142 e. The Kier molecular flexibility index (Phi) is 8.94. The molecule has 3 aromatic rings. The van der Waals surface area contributed by atoms with Crippen molar-refractivity contribution in [1.29, 1.82) is 0 Å². The summed E-state index contributed by atoms with van der Waals surface area (Å²) in [5, 5.41) is 0.0463. The van der Waals surface area contributed by atoms with Crippen LogP contribution in [0.25, 0.3) is 0 Å². The predicted octanol–water partition coefficient (Wildman–Crippen LogP) is 9.40. The third-order valence-corrected chi connectivity index (χ3v) is 7.83. The van der Waals surface area contributed by atoms with Crippen molar-refractivity contribution < 1.29 is 13.2 Å².